The van der Waals surface area contributed by atoms with Crippen LogP contribution in [-0.2, 0) is 16.1 Å². The maximum absolute atomic E-state index is 11.4. The summed E-state index contributed by atoms with van der Waals surface area (Å²) in [5, 5.41) is 10.4. The molecule has 0 spiro atoms. The van der Waals surface area contributed by atoms with E-state index in [-0.39, 0.29) is 11.7 Å². The van der Waals surface area contributed by atoms with Crippen molar-refractivity contribution in [2.24, 2.45) is 0 Å². The topological polar surface area (TPSA) is 51.5 Å². The molecule has 1 aromatic heterocycles. The fraction of sp³-hybridized carbons (Fsp3) is 0.400. The fourth-order valence-corrected chi connectivity index (χ4v) is 2.06. The molecular formula is C15H19NO3. The number of aryl methyl sites for hydroxylation is 1. The number of phenolic OH excluding ortho intramolecular Hbond substituents is 1. The second-order valence-corrected chi connectivity index (χ2v) is 4.58. The van der Waals surface area contributed by atoms with Crippen LogP contribution in [0, 0.1) is 0 Å². The van der Waals surface area contributed by atoms with Crippen molar-refractivity contribution in [1.29, 1.82) is 0 Å². The predicted molar refractivity (Wildman–Crippen MR) is 74.1 cm³/mol. The number of carbonyl (C=O) groups is 1. The Morgan fingerprint density at radius 3 is 3.00 bits per heavy atom. The van der Waals surface area contributed by atoms with Gasteiger partial charge in [0.25, 0.3) is 0 Å². The van der Waals surface area contributed by atoms with Crippen LogP contribution in [0.4, 0.5) is 0 Å². The van der Waals surface area contributed by atoms with E-state index in [2.05, 4.69) is 4.57 Å². The van der Waals surface area contributed by atoms with Crippen molar-refractivity contribution in [2.45, 2.75) is 32.7 Å². The van der Waals surface area contributed by atoms with Crippen LogP contribution in [0.5, 0.6) is 5.75 Å². The third-order valence-corrected chi connectivity index (χ3v) is 3.00. The smallest absolute Gasteiger partial charge is 0.305 e. The Kier molecular flexibility index (Phi) is 4.44. The van der Waals surface area contributed by atoms with Gasteiger partial charge in [0, 0.05) is 30.1 Å². The summed E-state index contributed by atoms with van der Waals surface area (Å²) in [5.74, 6) is 0.143. The molecule has 2 rings (SSSR count). The highest BCUT2D eigenvalue weighted by Crippen LogP contribution is 2.21. The van der Waals surface area contributed by atoms with Gasteiger partial charge in [-0.25, -0.2) is 0 Å². The molecule has 1 aromatic carbocycles. The molecule has 0 fully saturated rings. The number of hydrogen-bond donors (Lipinski definition) is 1. The summed E-state index contributed by atoms with van der Waals surface area (Å²) in [6.07, 6.45) is 4.03. The van der Waals surface area contributed by atoms with Gasteiger partial charge in [0.15, 0.2) is 0 Å². The van der Waals surface area contributed by atoms with E-state index in [0.717, 1.165) is 30.3 Å². The van der Waals surface area contributed by atoms with E-state index >= 15 is 0 Å². The van der Waals surface area contributed by atoms with E-state index in [4.69, 9.17) is 4.74 Å². The summed E-state index contributed by atoms with van der Waals surface area (Å²) in [5.41, 5.74) is 1.07. The van der Waals surface area contributed by atoms with Gasteiger partial charge in [-0.05, 0) is 37.1 Å². The number of esters is 1. The lowest BCUT2D eigenvalue weighted by Gasteiger charge is -2.06. The summed E-state index contributed by atoms with van der Waals surface area (Å²) >= 11 is 0. The molecule has 2 aromatic rings. The molecule has 4 nitrogen and oxygen atoms in total. The zero-order valence-electron chi connectivity index (χ0n) is 11.1. The molecule has 0 saturated carbocycles. The Morgan fingerprint density at radius 1 is 1.37 bits per heavy atom. The minimum Gasteiger partial charge on any atom is -0.508 e. The number of hydrogen-bond acceptors (Lipinski definition) is 3. The normalized spacial score (nSPS) is 10.8. The second kappa shape index (κ2) is 6.27. The van der Waals surface area contributed by atoms with Crippen LogP contribution in [0.3, 0.4) is 0 Å². The maximum atomic E-state index is 11.4. The first-order chi connectivity index (χ1) is 9.20. The van der Waals surface area contributed by atoms with Crippen LogP contribution < -0.4 is 0 Å². The molecule has 0 radical (unpaired) electrons. The van der Waals surface area contributed by atoms with Crippen molar-refractivity contribution in [2.75, 3.05) is 6.61 Å². The van der Waals surface area contributed by atoms with Gasteiger partial charge in [-0.15, -0.1) is 0 Å². The number of ether oxygens (including phenoxy) is 1. The molecule has 19 heavy (non-hydrogen) atoms. The third-order valence-electron chi connectivity index (χ3n) is 3.00. The summed E-state index contributed by atoms with van der Waals surface area (Å²) in [6, 6.07) is 7.26. The first kappa shape index (κ1) is 13.5. The van der Waals surface area contributed by atoms with Crippen LogP contribution in [0.2, 0.25) is 0 Å². The number of nitrogens with zero attached hydrogens (tertiary/aromatic N) is 1. The second-order valence-electron chi connectivity index (χ2n) is 4.58. The average molecular weight is 261 g/mol. The van der Waals surface area contributed by atoms with Gasteiger partial charge in [0.05, 0.1) is 6.61 Å². The molecule has 102 valence electrons. The predicted octanol–water partition coefficient (Wildman–Crippen LogP) is 3.08. The van der Waals surface area contributed by atoms with Gasteiger partial charge in [-0.1, -0.05) is 6.92 Å². The number of phenols is 1. The van der Waals surface area contributed by atoms with Crippen LogP contribution in [0.15, 0.2) is 30.5 Å². The van der Waals surface area contributed by atoms with E-state index in [1.807, 2.05) is 25.3 Å². The largest absolute Gasteiger partial charge is 0.508 e. The number of benzene rings is 1. The minimum atomic E-state index is -0.129. The van der Waals surface area contributed by atoms with Crippen molar-refractivity contribution in [3.8, 4) is 5.75 Å². The molecule has 0 aliphatic carbocycles. The van der Waals surface area contributed by atoms with E-state index in [0.29, 0.717) is 13.0 Å². The molecule has 0 saturated heterocycles. The maximum Gasteiger partial charge on any atom is 0.305 e. The van der Waals surface area contributed by atoms with Gasteiger partial charge >= 0.3 is 5.97 Å². The summed E-state index contributed by atoms with van der Waals surface area (Å²) in [7, 11) is 0. The Morgan fingerprint density at radius 2 is 2.21 bits per heavy atom. The zero-order valence-corrected chi connectivity index (χ0v) is 11.1. The Hall–Kier alpha value is -1.97. The monoisotopic (exact) mass is 261 g/mol. The zero-order chi connectivity index (χ0) is 13.7. The SMILES string of the molecule is CCCOC(=O)CCCn1ccc2cc(O)ccc21. The van der Waals surface area contributed by atoms with Crippen molar-refractivity contribution >= 4 is 16.9 Å². The Bertz CT molecular complexity index is 560. The molecule has 1 heterocycles. The van der Waals surface area contributed by atoms with Gasteiger partial charge in [0.1, 0.15) is 5.75 Å². The van der Waals surface area contributed by atoms with Crippen LogP contribution >= 0.6 is 0 Å². The van der Waals surface area contributed by atoms with Crippen molar-refractivity contribution in [3.63, 3.8) is 0 Å². The van der Waals surface area contributed by atoms with Gasteiger partial charge in [0.2, 0.25) is 0 Å². The van der Waals surface area contributed by atoms with Gasteiger partial charge in [-0.2, -0.15) is 0 Å². The molecule has 4 heteroatoms. The third kappa shape index (κ3) is 3.50. The van der Waals surface area contributed by atoms with E-state index in [1.54, 1.807) is 12.1 Å². The van der Waals surface area contributed by atoms with Crippen LogP contribution in [-0.4, -0.2) is 22.2 Å². The fourth-order valence-electron chi connectivity index (χ4n) is 2.06. The number of aromatic hydroxyl groups is 1. The lowest BCUT2D eigenvalue weighted by atomic mass is 10.2. The highest BCUT2D eigenvalue weighted by Gasteiger charge is 2.05. The number of rotatable bonds is 6. The number of aromatic nitrogens is 1. The lowest BCUT2D eigenvalue weighted by molar-refractivity contribution is -0.143. The highest BCUT2D eigenvalue weighted by molar-refractivity contribution is 5.81. The standard InChI is InChI=1S/C15H19NO3/c1-2-10-19-15(18)4-3-8-16-9-7-12-11-13(17)5-6-14(12)16/h5-7,9,11,17H,2-4,8,10H2,1H3. The van der Waals surface area contributed by atoms with E-state index in [9.17, 15) is 9.90 Å². The van der Waals surface area contributed by atoms with Gasteiger partial charge in [-0.3, -0.25) is 4.79 Å². The summed E-state index contributed by atoms with van der Waals surface area (Å²) in [6.45, 7) is 3.26. The molecule has 0 aliphatic rings. The quantitative estimate of drug-likeness (QED) is 0.813. The number of fused-ring (bicyclic) bond motifs is 1. The van der Waals surface area contributed by atoms with Crippen LogP contribution in [0.1, 0.15) is 26.2 Å². The molecule has 0 amide bonds. The minimum absolute atomic E-state index is 0.129. The molecule has 0 bridgehead atoms. The first-order valence-corrected chi connectivity index (χ1v) is 6.64. The Labute approximate surface area is 112 Å². The highest BCUT2D eigenvalue weighted by atomic mass is 16.5. The Balaban J connectivity index is 1.90. The lowest BCUT2D eigenvalue weighted by Crippen LogP contribution is -2.06. The van der Waals surface area contributed by atoms with E-state index < -0.39 is 0 Å². The van der Waals surface area contributed by atoms with Crippen molar-refractivity contribution in [1.82, 2.24) is 4.57 Å². The van der Waals surface area contributed by atoms with Crippen LogP contribution in [0.25, 0.3) is 10.9 Å². The summed E-state index contributed by atoms with van der Waals surface area (Å²) < 4.78 is 7.12. The number of carbonyl (C=O) groups excluding carboxylic acids is 1. The van der Waals surface area contributed by atoms with E-state index in [1.165, 1.54) is 0 Å². The molecule has 1 N–H and O–H groups in total. The molecule has 0 unspecified atom stereocenters. The summed E-state index contributed by atoms with van der Waals surface area (Å²) in [4.78, 5) is 11.4. The average Bonchev–Trinajstić information content (AvgIpc) is 2.79. The van der Waals surface area contributed by atoms with Gasteiger partial charge < -0.3 is 14.4 Å². The first-order valence-electron chi connectivity index (χ1n) is 6.64. The molecule has 0 atom stereocenters. The van der Waals surface area contributed by atoms with Crippen molar-refractivity contribution < 1.29 is 14.6 Å². The molecule has 0 aliphatic heterocycles. The van der Waals surface area contributed by atoms with Crippen molar-refractivity contribution in [3.05, 3.63) is 30.5 Å². The molecular weight excluding hydrogens is 242 g/mol.